The van der Waals surface area contributed by atoms with Crippen molar-refractivity contribution in [2.45, 2.75) is 26.7 Å². The third-order valence-electron chi connectivity index (χ3n) is 3.73. The zero-order chi connectivity index (χ0) is 19.8. The molecule has 0 unspecified atom stereocenters. The lowest BCUT2D eigenvalue weighted by Crippen LogP contribution is -2.34. The molecule has 1 aromatic carbocycles. The van der Waals surface area contributed by atoms with Gasteiger partial charge in [0.25, 0.3) is 11.1 Å². The van der Waals surface area contributed by atoms with E-state index < -0.39 is 17.1 Å². The van der Waals surface area contributed by atoms with Crippen LogP contribution in [0.15, 0.2) is 23.1 Å². The van der Waals surface area contributed by atoms with Crippen molar-refractivity contribution in [2.24, 2.45) is 0 Å². The normalized spacial score (nSPS) is 15.4. The van der Waals surface area contributed by atoms with Crippen LogP contribution in [-0.4, -0.2) is 48.9 Å². The lowest BCUT2D eigenvalue weighted by atomic mass is 10.1. The number of hydrogen-bond acceptors (Lipinski definition) is 7. The number of unbranched alkanes of at least 4 members (excludes halogenated alkanes) is 1. The summed E-state index contributed by atoms with van der Waals surface area (Å²) in [5.41, 5.74) is 0.618. The molecule has 1 aliphatic heterocycles. The number of rotatable bonds is 9. The number of amides is 2. The first-order valence-corrected chi connectivity index (χ1v) is 9.54. The van der Waals surface area contributed by atoms with Crippen molar-refractivity contribution >= 4 is 35.0 Å². The van der Waals surface area contributed by atoms with Gasteiger partial charge in [-0.05, 0) is 37.2 Å². The Hall–Kier alpha value is -2.48. The summed E-state index contributed by atoms with van der Waals surface area (Å²) in [6.45, 7) is 4.13. The largest absolute Gasteiger partial charge is 0.493 e. The molecule has 0 aromatic heterocycles. The van der Waals surface area contributed by atoms with Crippen LogP contribution in [0.1, 0.15) is 32.3 Å². The molecule has 0 spiro atoms. The van der Waals surface area contributed by atoms with Crippen LogP contribution in [0.2, 0.25) is 0 Å². The fraction of sp³-hybridized carbons (Fsp3) is 0.421. The molecule has 27 heavy (non-hydrogen) atoms. The van der Waals surface area contributed by atoms with Crippen molar-refractivity contribution in [3.63, 3.8) is 0 Å². The number of nitrogens with zero attached hydrogens (tertiary/aromatic N) is 1. The molecule has 2 rings (SSSR count). The van der Waals surface area contributed by atoms with E-state index in [2.05, 4.69) is 0 Å². The fourth-order valence-electron chi connectivity index (χ4n) is 2.39. The SMILES string of the molecule is CCCCOC(=O)CN1C(=O)S/C(=C/c2cccc(OC)c2OCC)C1=O. The summed E-state index contributed by atoms with van der Waals surface area (Å²) in [5, 5.41) is -0.500. The van der Waals surface area contributed by atoms with E-state index in [1.807, 2.05) is 13.8 Å². The zero-order valence-corrected chi connectivity index (χ0v) is 16.5. The van der Waals surface area contributed by atoms with Crippen LogP contribution in [-0.2, 0) is 14.3 Å². The Bertz CT molecular complexity index is 746. The monoisotopic (exact) mass is 393 g/mol. The summed E-state index contributed by atoms with van der Waals surface area (Å²) in [4.78, 5) is 37.6. The molecule has 1 aliphatic rings. The minimum atomic E-state index is -0.594. The Morgan fingerprint density at radius 1 is 1.26 bits per heavy atom. The Morgan fingerprint density at radius 2 is 2.04 bits per heavy atom. The van der Waals surface area contributed by atoms with Crippen LogP contribution in [0.25, 0.3) is 6.08 Å². The highest BCUT2D eigenvalue weighted by molar-refractivity contribution is 8.18. The van der Waals surface area contributed by atoms with Gasteiger partial charge >= 0.3 is 5.97 Å². The van der Waals surface area contributed by atoms with Crippen molar-refractivity contribution in [3.05, 3.63) is 28.7 Å². The third-order valence-corrected chi connectivity index (χ3v) is 4.63. The quantitative estimate of drug-likeness (QED) is 0.361. The van der Waals surface area contributed by atoms with E-state index in [0.717, 1.165) is 29.5 Å². The zero-order valence-electron chi connectivity index (χ0n) is 15.6. The van der Waals surface area contributed by atoms with Gasteiger partial charge in [0.1, 0.15) is 6.54 Å². The molecule has 0 bridgehead atoms. The van der Waals surface area contributed by atoms with Gasteiger partial charge in [-0.3, -0.25) is 19.3 Å². The molecule has 1 saturated heterocycles. The summed E-state index contributed by atoms with van der Waals surface area (Å²) in [5.74, 6) is -0.0938. The maximum absolute atomic E-state index is 12.5. The van der Waals surface area contributed by atoms with Gasteiger partial charge < -0.3 is 14.2 Å². The lowest BCUT2D eigenvalue weighted by molar-refractivity contribution is -0.146. The van der Waals surface area contributed by atoms with Gasteiger partial charge in [-0.1, -0.05) is 25.5 Å². The standard InChI is InChI=1S/C19H23NO6S/c1-4-6-10-26-16(21)12-20-18(22)15(27-19(20)23)11-13-8-7-9-14(24-3)17(13)25-5-2/h7-9,11H,4-6,10,12H2,1-3H3/b15-11+. The molecule has 2 amide bonds. The van der Waals surface area contributed by atoms with Crippen LogP contribution < -0.4 is 9.47 Å². The molecule has 7 nitrogen and oxygen atoms in total. The number of para-hydroxylation sites is 1. The Morgan fingerprint density at radius 3 is 2.70 bits per heavy atom. The molecule has 0 radical (unpaired) electrons. The number of methoxy groups -OCH3 is 1. The van der Waals surface area contributed by atoms with Crippen LogP contribution in [0, 0.1) is 0 Å². The summed E-state index contributed by atoms with van der Waals surface area (Å²) in [7, 11) is 1.53. The maximum atomic E-state index is 12.5. The molecule has 0 aliphatic carbocycles. The molecule has 0 atom stereocenters. The Labute approximate surface area is 162 Å². The first-order chi connectivity index (χ1) is 13.0. The van der Waals surface area contributed by atoms with Crippen LogP contribution in [0.4, 0.5) is 4.79 Å². The predicted octanol–water partition coefficient (Wildman–Crippen LogP) is 3.47. The molecule has 0 saturated carbocycles. The van der Waals surface area contributed by atoms with Crippen molar-refractivity contribution in [1.29, 1.82) is 0 Å². The van der Waals surface area contributed by atoms with E-state index >= 15 is 0 Å². The van der Waals surface area contributed by atoms with Gasteiger partial charge in [0.05, 0.1) is 25.2 Å². The van der Waals surface area contributed by atoms with E-state index in [1.54, 1.807) is 24.3 Å². The van der Waals surface area contributed by atoms with E-state index in [4.69, 9.17) is 14.2 Å². The lowest BCUT2D eigenvalue weighted by Gasteiger charge is -2.12. The van der Waals surface area contributed by atoms with Crippen LogP contribution in [0.5, 0.6) is 11.5 Å². The average molecular weight is 393 g/mol. The molecule has 1 heterocycles. The highest BCUT2D eigenvalue weighted by atomic mass is 32.2. The average Bonchev–Trinajstić information content (AvgIpc) is 2.91. The van der Waals surface area contributed by atoms with Crippen LogP contribution in [0.3, 0.4) is 0 Å². The number of carbonyl (C=O) groups excluding carboxylic acids is 3. The van der Waals surface area contributed by atoms with Crippen molar-refractivity contribution < 1.29 is 28.6 Å². The van der Waals surface area contributed by atoms with Crippen molar-refractivity contribution in [1.82, 2.24) is 4.90 Å². The van der Waals surface area contributed by atoms with Crippen LogP contribution >= 0.6 is 11.8 Å². The fourth-order valence-corrected chi connectivity index (χ4v) is 3.22. The van der Waals surface area contributed by atoms with Crippen molar-refractivity contribution in [3.8, 4) is 11.5 Å². The van der Waals surface area contributed by atoms with Gasteiger partial charge in [0, 0.05) is 5.56 Å². The highest BCUT2D eigenvalue weighted by Crippen LogP contribution is 2.37. The van der Waals surface area contributed by atoms with Gasteiger partial charge in [-0.25, -0.2) is 0 Å². The molecule has 1 aromatic rings. The molecule has 1 fully saturated rings. The summed E-state index contributed by atoms with van der Waals surface area (Å²) >= 11 is 0.782. The summed E-state index contributed by atoms with van der Waals surface area (Å²) in [6.07, 6.45) is 3.20. The molecular formula is C19H23NO6S. The number of ether oxygens (including phenoxy) is 3. The first kappa shape index (κ1) is 20.8. The number of carbonyl (C=O) groups is 3. The second kappa shape index (κ2) is 10.0. The number of hydrogen-bond donors (Lipinski definition) is 0. The predicted molar refractivity (Wildman–Crippen MR) is 103 cm³/mol. The first-order valence-electron chi connectivity index (χ1n) is 8.72. The van der Waals surface area contributed by atoms with Gasteiger partial charge in [0.15, 0.2) is 11.5 Å². The van der Waals surface area contributed by atoms with E-state index in [0.29, 0.717) is 23.7 Å². The second-order valence-corrected chi connectivity index (χ2v) is 6.65. The minimum Gasteiger partial charge on any atom is -0.493 e. The molecule has 0 N–H and O–H groups in total. The number of esters is 1. The molecule has 146 valence electrons. The summed E-state index contributed by atoms with van der Waals surface area (Å²) < 4.78 is 15.9. The molecule has 8 heteroatoms. The summed E-state index contributed by atoms with van der Waals surface area (Å²) in [6, 6.07) is 5.28. The van der Waals surface area contributed by atoms with E-state index in [1.165, 1.54) is 7.11 Å². The second-order valence-electron chi connectivity index (χ2n) is 5.65. The molecular weight excluding hydrogens is 370 g/mol. The minimum absolute atomic E-state index is 0.218. The van der Waals surface area contributed by atoms with Gasteiger partial charge in [-0.15, -0.1) is 0 Å². The number of thioether (sulfide) groups is 1. The van der Waals surface area contributed by atoms with Gasteiger partial charge in [-0.2, -0.15) is 0 Å². The smallest absolute Gasteiger partial charge is 0.326 e. The number of benzene rings is 1. The third kappa shape index (κ3) is 5.26. The maximum Gasteiger partial charge on any atom is 0.326 e. The highest BCUT2D eigenvalue weighted by Gasteiger charge is 2.36. The Balaban J connectivity index is 2.18. The topological polar surface area (TPSA) is 82.1 Å². The van der Waals surface area contributed by atoms with E-state index in [-0.39, 0.29) is 18.1 Å². The van der Waals surface area contributed by atoms with Gasteiger partial charge in [0.2, 0.25) is 0 Å². The van der Waals surface area contributed by atoms with E-state index in [9.17, 15) is 14.4 Å². The Kier molecular flexibility index (Phi) is 7.72. The number of imide groups is 1. The van der Waals surface area contributed by atoms with Crippen molar-refractivity contribution in [2.75, 3.05) is 26.9 Å².